The van der Waals surface area contributed by atoms with Gasteiger partial charge in [0.05, 0.1) is 11.9 Å². The van der Waals surface area contributed by atoms with E-state index in [0.29, 0.717) is 11.3 Å². The van der Waals surface area contributed by atoms with Gasteiger partial charge >= 0.3 is 0 Å². The Bertz CT molecular complexity index is 995. The number of halogens is 3. The Morgan fingerprint density at radius 1 is 1.11 bits per heavy atom. The molecule has 0 aliphatic heterocycles. The molecule has 2 aromatic carbocycles. The summed E-state index contributed by atoms with van der Waals surface area (Å²) in [5, 5.41) is 2.61. The molecule has 0 saturated heterocycles. The van der Waals surface area contributed by atoms with E-state index in [0.717, 1.165) is 6.07 Å². The summed E-state index contributed by atoms with van der Waals surface area (Å²) in [6, 6.07) is 11.5. The molecule has 0 atom stereocenters. The Labute approximate surface area is 159 Å². The van der Waals surface area contributed by atoms with Crippen molar-refractivity contribution in [3.63, 3.8) is 0 Å². The van der Waals surface area contributed by atoms with Gasteiger partial charge in [-0.25, -0.2) is 8.78 Å². The molecule has 0 saturated carbocycles. The molecule has 0 spiro atoms. The second kappa shape index (κ2) is 8.42. The van der Waals surface area contributed by atoms with E-state index in [4.69, 9.17) is 16.3 Å². The number of ether oxygens (including phenoxy) is 1. The summed E-state index contributed by atoms with van der Waals surface area (Å²) in [7, 11) is 0. The van der Waals surface area contributed by atoms with Gasteiger partial charge in [0.2, 0.25) is 5.91 Å². The topological polar surface area (TPSA) is 51.2 Å². The molecule has 136 valence electrons. The van der Waals surface area contributed by atoms with Gasteiger partial charge in [-0.15, -0.1) is 0 Å². The average Bonchev–Trinajstić information content (AvgIpc) is 2.65. The summed E-state index contributed by atoms with van der Waals surface area (Å²) in [5.41, 5.74) is 0.443. The fourth-order valence-electron chi connectivity index (χ4n) is 2.18. The lowest BCUT2D eigenvalue weighted by atomic mass is 10.2. The number of aromatic nitrogens is 1. The Kier molecular flexibility index (Phi) is 5.78. The van der Waals surface area contributed by atoms with Crippen LogP contribution in [-0.4, -0.2) is 10.9 Å². The number of nitrogens with zero attached hydrogens (tertiary/aromatic N) is 1. The van der Waals surface area contributed by atoms with Crippen LogP contribution in [0.2, 0.25) is 5.02 Å². The van der Waals surface area contributed by atoms with Crippen LogP contribution in [0.1, 0.15) is 5.56 Å². The van der Waals surface area contributed by atoms with Crippen molar-refractivity contribution in [2.75, 3.05) is 5.32 Å². The first kappa shape index (κ1) is 18.5. The molecule has 1 N–H and O–H groups in total. The minimum atomic E-state index is -0.646. The van der Waals surface area contributed by atoms with Gasteiger partial charge in [0.15, 0.2) is 11.6 Å². The van der Waals surface area contributed by atoms with E-state index in [1.807, 2.05) is 0 Å². The smallest absolute Gasteiger partial charge is 0.248 e. The van der Waals surface area contributed by atoms with Crippen molar-refractivity contribution in [3.05, 3.63) is 89.2 Å². The Balaban J connectivity index is 1.66. The van der Waals surface area contributed by atoms with Gasteiger partial charge in [-0.2, -0.15) is 0 Å². The zero-order valence-corrected chi connectivity index (χ0v) is 14.6. The summed E-state index contributed by atoms with van der Waals surface area (Å²) >= 11 is 5.66. The predicted molar refractivity (Wildman–Crippen MR) is 99.8 cm³/mol. The van der Waals surface area contributed by atoms with Crippen LogP contribution in [0.3, 0.4) is 0 Å². The molecule has 4 nitrogen and oxygen atoms in total. The number of pyridine rings is 1. The first-order valence-corrected chi connectivity index (χ1v) is 8.20. The summed E-state index contributed by atoms with van der Waals surface area (Å²) in [6.45, 7) is 0. The Hall–Kier alpha value is -3.25. The molecule has 0 aliphatic rings. The summed E-state index contributed by atoms with van der Waals surface area (Å²) < 4.78 is 33.2. The number of hydrogen-bond acceptors (Lipinski definition) is 3. The van der Waals surface area contributed by atoms with Gasteiger partial charge in [0.1, 0.15) is 11.6 Å². The fourth-order valence-corrected chi connectivity index (χ4v) is 2.33. The molecule has 3 aromatic rings. The maximum atomic E-state index is 14.2. The zero-order chi connectivity index (χ0) is 19.2. The first-order chi connectivity index (χ1) is 13.0. The van der Waals surface area contributed by atoms with E-state index < -0.39 is 17.5 Å². The molecule has 0 unspecified atom stereocenters. The van der Waals surface area contributed by atoms with Crippen LogP contribution < -0.4 is 10.1 Å². The second-order valence-corrected chi connectivity index (χ2v) is 5.86. The van der Waals surface area contributed by atoms with Gasteiger partial charge in [-0.3, -0.25) is 9.78 Å². The van der Waals surface area contributed by atoms with Gasteiger partial charge in [-0.1, -0.05) is 17.7 Å². The third-order valence-electron chi connectivity index (χ3n) is 3.43. The third kappa shape index (κ3) is 5.12. The molecule has 7 heteroatoms. The second-order valence-electron chi connectivity index (χ2n) is 5.43. The normalized spacial score (nSPS) is 10.8. The maximum Gasteiger partial charge on any atom is 0.248 e. The standard InChI is InChI=1S/C20H13ClF2N2O2/c21-14-5-6-18(16(22)11-14)25-20(26)8-4-13-3-7-19(17(23)10-13)27-15-2-1-9-24-12-15/h1-12H,(H,25,26)/b8-4+. The SMILES string of the molecule is O=C(/C=C/c1ccc(Oc2cccnc2)c(F)c1)Nc1ccc(Cl)cc1F. The lowest BCUT2D eigenvalue weighted by Crippen LogP contribution is -2.09. The predicted octanol–water partition coefficient (Wildman–Crippen LogP) is 5.46. The molecule has 0 aliphatic carbocycles. The lowest BCUT2D eigenvalue weighted by molar-refractivity contribution is -0.111. The number of benzene rings is 2. The van der Waals surface area contributed by atoms with Gasteiger partial charge < -0.3 is 10.1 Å². The van der Waals surface area contributed by atoms with Crippen LogP contribution in [0.5, 0.6) is 11.5 Å². The van der Waals surface area contributed by atoms with Crippen molar-refractivity contribution in [2.45, 2.75) is 0 Å². The van der Waals surface area contributed by atoms with Crippen LogP contribution in [0, 0.1) is 11.6 Å². The monoisotopic (exact) mass is 386 g/mol. The summed E-state index contributed by atoms with van der Waals surface area (Å²) in [4.78, 5) is 15.8. The number of rotatable bonds is 5. The molecule has 1 heterocycles. The van der Waals surface area contributed by atoms with E-state index >= 15 is 0 Å². The van der Waals surface area contributed by atoms with Crippen LogP contribution >= 0.6 is 11.6 Å². The highest BCUT2D eigenvalue weighted by Crippen LogP contribution is 2.25. The fraction of sp³-hybridized carbons (Fsp3) is 0. The van der Waals surface area contributed by atoms with Crippen molar-refractivity contribution in [1.29, 1.82) is 0 Å². The molecular weight excluding hydrogens is 374 g/mol. The van der Waals surface area contributed by atoms with Crippen molar-refractivity contribution in [3.8, 4) is 11.5 Å². The van der Waals surface area contributed by atoms with E-state index in [1.54, 1.807) is 24.4 Å². The Morgan fingerprint density at radius 3 is 2.67 bits per heavy atom. The molecule has 3 rings (SSSR count). The number of hydrogen-bond donors (Lipinski definition) is 1. The zero-order valence-electron chi connectivity index (χ0n) is 13.8. The quantitative estimate of drug-likeness (QED) is 0.592. The largest absolute Gasteiger partial charge is 0.453 e. The van der Waals surface area contributed by atoms with Crippen LogP contribution in [0.25, 0.3) is 6.08 Å². The van der Waals surface area contributed by atoms with Crippen molar-refractivity contribution in [2.24, 2.45) is 0 Å². The lowest BCUT2D eigenvalue weighted by Gasteiger charge is -2.07. The molecule has 0 fully saturated rings. The minimum absolute atomic E-state index is 0.000416. The molecule has 1 amide bonds. The Morgan fingerprint density at radius 2 is 1.96 bits per heavy atom. The summed E-state index contributed by atoms with van der Waals surface area (Å²) in [5.74, 6) is -1.36. The number of amides is 1. The van der Waals surface area contributed by atoms with Crippen LogP contribution in [-0.2, 0) is 4.79 Å². The van der Waals surface area contributed by atoms with E-state index in [1.165, 1.54) is 42.6 Å². The number of carbonyl (C=O) groups excluding carboxylic acids is 1. The minimum Gasteiger partial charge on any atom is -0.453 e. The average molecular weight is 387 g/mol. The van der Waals surface area contributed by atoms with Crippen molar-refractivity contribution < 1.29 is 18.3 Å². The van der Waals surface area contributed by atoms with Crippen LogP contribution in [0.4, 0.5) is 14.5 Å². The van der Waals surface area contributed by atoms with Crippen molar-refractivity contribution in [1.82, 2.24) is 4.98 Å². The molecule has 27 heavy (non-hydrogen) atoms. The highest BCUT2D eigenvalue weighted by Gasteiger charge is 2.07. The van der Waals surface area contributed by atoms with Gasteiger partial charge in [0, 0.05) is 17.3 Å². The van der Waals surface area contributed by atoms with E-state index in [-0.39, 0.29) is 16.5 Å². The number of carbonyl (C=O) groups is 1. The number of anilines is 1. The maximum absolute atomic E-state index is 14.2. The van der Waals surface area contributed by atoms with Gasteiger partial charge in [-0.05, 0) is 54.1 Å². The van der Waals surface area contributed by atoms with E-state index in [2.05, 4.69) is 10.3 Å². The van der Waals surface area contributed by atoms with Gasteiger partial charge in [0.25, 0.3) is 0 Å². The highest BCUT2D eigenvalue weighted by molar-refractivity contribution is 6.30. The van der Waals surface area contributed by atoms with Crippen molar-refractivity contribution >= 4 is 29.3 Å². The third-order valence-corrected chi connectivity index (χ3v) is 3.67. The first-order valence-electron chi connectivity index (χ1n) is 7.83. The molecule has 1 aromatic heterocycles. The summed E-state index contributed by atoms with van der Waals surface area (Å²) in [6.07, 6.45) is 5.62. The highest BCUT2D eigenvalue weighted by atomic mass is 35.5. The molecular formula is C20H13ClF2N2O2. The molecule has 0 bridgehead atoms. The van der Waals surface area contributed by atoms with Crippen LogP contribution in [0.15, 0.2) is 67.0 Å². The number of nitrogens with one attached hydrogen (secondary N) is 1. The molecule has 0 radical (unpaired) electrons. The van der Waals surface area contributed by atoms with E-state index in [9.17, 15) is 13.6 Å².